The molecule has 4 nitrogen and oxygen atoms in total. The van der Waals surface area contributed by atoms with Crippen molar-refractivity contribution in [1.82, 2.24) is 10.6 Å². The van der Waals surface area contributed by atoms with Gasteiger partial charge in [-0.3, -0.25) is 4.21 Å². The minimum Gasteiger partial charge on any atom is -0.357 e. The lowest BCUT2D eigenvalue weighted by Crippen LogP contribution is -2.39. The highest BCUT2D eigenvalue weighted by atomic mass is 127. The van der Waals surface area contributed by atoms with Crippen LogP contribution in [0.5, 0.6) is 0 Å². The van der Waals surface area contributed by atoms with Crippen molar-refractivity contribution < 1.29 is 4.21 Å². The minimum atomic E-state index is -1.01. The third-order valence-electron chi connectivity index (χ3n) is 3.24. The molecule has 0 heterocycles. The number of nitrogens with zero attached hydrogens (tertiary/aromatic N) is 1. The molecular weight excluding hydrogens is 469 g/mol. The highest BCUT2D eigenvalue weighted by Crippen LogP contribution is 2.11. The van der Waals surface area contributed by atoms with Gasteiger partial charge in [0.05, 0.1) is 17.3 Å². The van der Waals surface area contributed by atoms with Crippen LogP contribution < -0.4 is 10.6 Å². The smallest absolute Gasteiger partial charge is 0.191 e. The van der Waals surface area contributed by atoms with Crippen molar-refractivity contribution in [2.75, 3.05) is 18.8 Å². The summed E-state index contributed by atoms with van der Waals surface area (Å²) in [5.74, 6) is 1.24. The number of rotatable bonds is 7. The first-order valence-electron chi connectivity index (χ1n) is 7.89. The van der Waals surface area contributed by atoms with Crippen molar-refractivity contribution in [1.29, 1.82) is 0 Å². The second-order valence-electron chi connectivity index (χ2n) is 5.11. The van der Waals surface area contributed by atoms with Gasteiger partial charge in [-0.2, -0.15) is 0 Å². The third kappa shape index (κ3) is 8.20. The fourth-order valence-corrected chi connectivity index (χ4v) is 3.30. The fraction of sp³-hybridized carbons (Fsp3) is 0.278. The molecule has 0 saturated carbocycles. The summed E-state index contributed by atoms with van der Waals surface area (Å²) in [5.41, 5.74) is 1.05. The van der Waals surface area contributed by atoms with Gasteiger partial charge in [-0.1, -0.05) is 41.9 Å². The van der Waals surface area contributed by atoms with E-state index >= 15 is 0 Å². The van der Waals surface area contributed by atoms with Crippen molar-refractivity contribution in [2.45, 2.75) is 18.4 Å². The van der Waals surface area contributed by atoms with Gasteiger partial charge < -0.3 is 10.6 Å². The zero-order valence-corrected chi connectivity index (χ0v) is 18.0. The summed E-state index contributed by atoms with van der Waals surface area (Å²) in [6.45, 7) is 3.91. The van der Waals surface area contributed by atoms with E-state index in [-0.39, 0.29) is 24.0 Å². The topological polar surface area (TPSA) is 53.5 Å². The maximum Gasteiger partial charge on any atom is 0.191 e. The van der Waals surface area contributed by atoms with Gasteiger partial charge in [0.15, 0.2) is 5.96 Å². The molecule has 136 valence electrons. The van der Waals surface area contributed by atoms with Crippen molar-refractivity contribution >= 4 is 52.3 Å². The van der Waals surface area contributed by atoms with Gasteiger partial charge in [0, 0.05) is 28.8 Å². The van der Waals surface area contributed by atoms with Crippen molar-refractivity contribution in [2.24, 2.45) is 4.99 Å². The molecule has 7 heteroatoms. The van der Waals surface area contributed by atoms with Gasteiger partial charge in [-0.15, -0.1) is 24.0 Å². The molecule has 0 saturated heterocycles. The maximum absolute atomic E-state index is 12.2. The SMILES string of the molecule is CCNC(=NCc1cccc(Cl)c1)NCCS(=O)c1ccccc1.I. The van der Waals surface area contributed by atoms with Crippen LogP contribution >= 0.6 is 35.6 Å². The molecule has 0 spiro atoms. The number of benzene rings is 2. The average molecular weight is 492 g/mol. The quantitative estimate of drug-likeness (QED) is 0.352. The summed E-state index contributed by atoms with van der Waals surface area (Å²) in [5, 5.41) is 7.11. The molecule has 0 aliphatic heterocycles. The van der Waals surface area contributed by atoms with Crippen LogP contribution in [0, 0.1) is 0 Å². The number of nitrogens with one attached hydrogen (secondary N) is 2. The molecule has 0 aliphatic carbocycles. The normalized spacial score (nSPS) is 12.2. The van der Waals surface area contributed by atoms with E-state index in [9.17, 15) is 4.21 Å². The Labute approximate surface area is 173 Å². The molecule has 2 N–H and O–H groups in total. The van der Waals surface area contributed by atoms with Crippen molar-refractivity contribution in [3.63, 3.8) is 0 Å². The maximum atomic E-state index is 12.2. The standard InChI is InChI=1S/C18H22ClN3OS.HI/c1-2-20-18(22-14-15-7-6-8-16(19)13-15)21-11-12-24(23)17-9-4-3-5-10-17;/h3-10,13H,2,11-12,14H2,1H3,(H2,20,21,22);1H. The van der Waals surface area contributed by atoms with Gasteiger partial charge in [-0.25, -0.2) is 4.99 Å². The van der Waals surface area contributed by atoms with Crippen LogP contribution in [0.15, 0.2) is 64.5 Å². The number of guanidine groups is 1. The Morgan fingerprint density at radius 2 is 1.88 bits per heavy atom. The lowest BCUT2D eigenvalue weighted by atomic mass is 10.2. The number of aliphatic imine (C=N–C) groups is 1. The summed E-state index contributed by atoms with van der Waals surface area (Å²) in [6.07, 6.45) is 0. The van der Waals surface area contributed by atoms with Crippen LogP contribution in [0.1, 0.15) is 12.5 Å². The third-order valence-corrected chi connectivity index (χ3v) is 4.85. The molecule has 25 heavy (non-hydrogen) atoms. The number of hydrogen-bond donors (Lipinski definition) is 2. The van der Waals surface area contributed by atoms with Crippen LogP contribution in [-0.4, -0.2) is 29.0 Å². The van der Waals surface area contributed by atoms with Gasteiger partial charge in [0.2, 0.25) is 0 Å². The minimum absolute atomic E-state index is 0. The number of halogens is 2. The van der Waals surface area contributed by atoms with Crippen molar-refractivity contribution in [3.05, 3.63) is 65.2 Å². The highest BCUT2D eigenvalue weighted by Gasteiger charge is 2.04. The van der Waals surface area contributed by atoms with Gasteiger partial charge in [0.25, 0.3) is 0 Å². The van der Waals surface area contributed by atoms with E-state index in [0.717, 1.165) is 17.0 Å². The molecule has 2 rings (SSSR count). The van der Waals surface area contributed by atoms with E-state index in [1.54, 1.807) is 0 Å². The van der Waals surface area contributed by atoms with E-state index in [0.29, 0.717) is 29.8 Å². The lowest BCUT2D eigenvalue weighted by molar-refractivity contribution is 0.681. The molecule has 0 amide bonds. The second-order valence-corrected chi connectivity index (χ2v) is 7.12. The molecule has 0 aliphatic rings. The molecule has 1 atom stereocenters. The van der Waals surface area contributed by atoms with E-state index in [4.69, 9.17) is 11.6 Å². The predicted octanol–water partition coefficient (Wildman–Crippen LogP) is 3.82. The molecule has 2 aromatic rings. The Morgan fingerprint density at radius 1 is 1.12 bits per heavy atom. The lowest BCUT2D eigenvalue weighted by Gasteiger charge is -2.11. The molecule has 0 radical (unpaired) electrons. The Balaban J connectivity index is 0.00000312. The predicted molar refractivity (Wildman–Crippen MR) is 117 cm³/mol. The fourth-order valence-electron chi connectivity index (χ4n) is 2.10. The Bertz CT molecular complexity index is 698. The Morgan fingerprint density at radius 3 is 2.56 bits per heavy atom. The summed E-state index contributed by atoms with van der Waals surface area (Å²) in [7, 11) is -1.01. The van der Waals surface area contributed by atoms with Crippen LogP contribution in [0.25, 0.3) is 0 Å². The van der Waals surface area contributed by atoms with Crippen molar-refractivity contribution in [3.8, 4) is 0 Å². The zero-order valence-electron chi connectivity index (χ0n) is 14.1. The monoisotopic (exact) mass is 491 g/mol. The summed E-state index contributed by atoms with van der Waals surface area (Å²) in [6, 6.07) is 17.1. The number of hydrogen-bond acceptors (Lipinski definition) is 2. The first-order chi connectivity index (χ1) is 11.7. The average Bonchev–Trinajstić information content (AvgIpc) is 2.60. The van der Waals surface area contributed by atoms with Crippen LogP contribution in [-0.2, 0) is 17.3 Å². The Kier molecular flexibility index (Phi) is 10.8. The second kappa shape index (κ2) is 12.3. The zero-order chi connectivity index (χ0) is 17.2. The molecule has 2 aromatic carbocycles. The van der Waals surface area contributed by atoms with Gasteiger partial charge >= 0.3 is 0 Å². The molecule has 0 fully saturated rings. The van der Waals surface area contributed by atoms with E-state index < -0.39 is 10.8 Å². The van der Waals surface area contributed by atoms with Crippen LogP contribution in [0.4, 0.5) is 0 Å². The van der Waals surface area contributed by atoms with E-state index in [1.807, 2.05) is 61.5 Å². The van der Waals surface area contributed by atoms with E-state index in [2.05, 4.69) is 15.6 Å². The molecular formula is C18H23ClIN3OS. The highest BCUT2D eigenvalue weighted by molar-refractivity contribution is 14.0. The summed E-state index contributed by atoms with van der Waals surface area (Å²) in [4.78, 5) is 5.38. The van der Waals surface area contributed by atoms with Gasteiger partial charge in [-0.05, 0) is 36.8 Å². The summed E-state index contributed by atoms with van der Waals surface area (Å²) >= 11 is 5.98. The van der Waals surface area contributed by atoms with E-state index in [1.165, 1.54) is 0 Å². The van der Waals surface area contributed by atoms with Gasteiger partial charge in [0.1, 0.15) is 0 Å². The molecule has 0 bridgehead atoms. The largest absolute Gasteiger partial charge is 0.357 e. The van der Waals surface area contributed by atoms with Crippen LogP contribution in [0.2, 0.25) is 5.02 Å². The molecule has 1 unspecified atom stereocenters. The molecule has 0 aromatic heterocycles. The first kappa shape index (κ1) is 21.9. The Hall–Kier alpha value is -1.12. The first-order valence-corrected chi connectivity index (χ1v) is 9.58. The van der Waals surface area contributed by atoms with Crippen LogP contribution in [0.3, 0.4) is 0 Å². The summed E-state index contributed by atoms with van der Waals surface area (Å²) < 4.78 is 12.2.